The zero-order chi connectivity index (χ0) is 19.6. The van der Waals surface area contributed by atoms with Crippen molar-refractivity contribution in [2.24, 2.45) is 5.14 Å². The van der Waals surface area contributed by atoms with Gasteiger partial charge in [0, 0.05) is 20.2 Å². The summed E-state index contributed by atoms with van der Waals surface area (Å²) in [7, 11) is -3.77. The number of amides is 1. The summed E-state index contributed by atoms with van der Waals surface area (Å²) in [4.78, 5) is 12.8. The van der Waals surface area contributed by atoms with E-state index in [0.29, 0.717) is 22.4 Å². The van der Waals surface area contributed by atoms with Crippen molar-refractivity contribution in [3.05, 3.63) is 81.2 Å². The van der Waals surface area contributed by atoms with Gasteiger partial charge in [0.1, 0.15) is 0 Å². The predicted molar refractivity (Wildman–Crippen MR) is 113 cm³/mol. The molecule has 8 heteroatoms. The van der Waals surface area contributed by atoms with Gasteiger partial charge in [0.15, 0.2) is 0 Å². The number of hydrogen-bond acceptors (Lipinski definition) is 3. The highest BCUT2D eigenvalue weighted by Crippen LogP contribution is 2.28. The number of hydrogen-bond donors (Lipinski definition) is 2. The molecule has 27 heavy (non-hydrogen) atoms. The second-order valence-corrected chi connectivity index (χ2v) is 9.11. The van der Waals surface area contributed by atoms with Gasteiger partial charge in [-0.05, 0) is 59.7 Å². The van der Waals surface area contributed by atoms with E-state index in [1.54, 1.807) is 36.4 Å². The van der Waals surface area contributed by atoms with Gasteiger partial charge in [0.25, 0.3) is 5.91 Å². The van der Waals surface area contributed by atoms with Gasteiger partial charge in [-0.3, -0.25) is 4.79 Å². The summed E-state index contributed by atoms with van der Waals surface area (Å²) in [5, 5.41) is 8.00. The molecule has 0 aliphatic carbocycles. The topological polar surface area (TPSA) is 89.3 Å². The van der Waals surface area contributed by atoms with Gasteiger partial charge in [-0.2, -0.15) is 0 Å². The lowest BCUT2D eigenvalue weighted by molar-refractivity contribution is 0.102. The van der Waals surface area contributed by atoms with Crippen molar-refractivity contribution in [2.75, 3.05) is 5.32 Å². The Bertz CT molecular complexity index is 1100. The first kappa shape index (κ1) is 19.8. The zero-order valence-electron chi connectivity index (χ0n) is 13.8. The van der Waals surface area contributed by atoms with Crippen LogP contribution in [0.2, 0.25) is 0 Å². The Hall–Kier alpha value is -2.00. The summed E-state index contributed by atoms with van der Waals surface area (Å²) in [6, 6.07) is 18.7. The van der Waals surface area contributed by atoms with Crippen molar-refractivity contribution in [1.29, 1.82) is 0 Å². The molecule has 3 aromatic carbocycles. The molecule has 0 aliphatic rings. The lowest BCUT2D eigenvalue weighted by Crippen LogP contribution is -2.13. The van der Waals surface area contributed by atoms with E-state index < -0.39 is 10.0 Å². The predicted octanol–water partition coefficient (Wildman–Crippen LogP) is 4.78. The van der Waals surface area contributed by atoms with Crippen LogP contribution in [0.4, 0.5) is 5.69 Å². The number of sulfonamides is 1. The van der Waals surface area contributed by atoms with Gasteiger partial charge in [-0.1, -0.05) is 50.1 Å². The smallest absolute Gasteiger partial charge is 0.256 e. The van der Waals surface area contributed by atoms with Crippen LogP contribution < -0.4 is 10.5 Å². The first-order valence-corrected chi connectivity index (χ1v) is 10.9. The van der Waals surface area contributed by atoms with Crippen molar-refractivity contribution in [3.8, 4) is 11.1 Å². The number of primary sulfonamides is 1. The molecule has 0 aromatic heterocycles. The molecule has 0 aliphatic heterocycles. The van der Waals surface area contributed by atoms with E-state index in [-0.39, 0.29) is 10.8 Å². The molecular formula is C19H14Br2N2O3S. The number of benzene rings is 3. The summed E-state index contributed by atoms with van der Waals surface area (Å²) < 4.78 is 24.5. The molecule has 138 valence electrons. The average molecular weight is 510 g/mol. The van der Waals surface area contributed by atoms with Crippen LogP contribution in [-0.2, 0) is 10.0 Å². The first-order valence-electron chi connectivity index (χ1n) is 7.74. The molecule has 0 saturated heterocycles. The highest BCUT2D eigenvalue weighted by Gasteiger charge is 2.15. The van der Waals surface area contributed by atoms with Crippen LogP contribution >= 0.6 is 31.9 Å². The van der Waals surface area contributed by atoms with Gasteiger partial charge in [-0.15, -0.1) is 0 Å². The number of nitrogens with two attached hydrogens (primary N) is 1. The van der Waals surface area contributed by atoms with E-state index >= 15 is 0 Å². The molecule has 3 N–H and O–H groups in total. The van der Waals surface area contributed by atoms with Crippen molar-refractivity contribution in [3.63, 3.8) is 0 Å². The maximum Gasteiger partial charge on any atom is 0.256 e. The van der Waals surface area contributed by atoms with Crippen molar-refractivity contribution in [1.82, 2.24) is 0 Å². The minimum absolute atomic E-state index is 0.0178. The molecule has 0 bridgehead atoms. The largest absolute Gasteiger partial charge is 0.322 e. The quantitative estimate of drug-likeness (QED) is 0.530. The maximum absolute atomic E-state index is 12.8. The highest BCUT2D eigenvalue weighted by molar-refractivity contribution is 9.10. The SMILES string of the molecule is NS(=O)(=O)c1ccc(-c2ccc(Br)cc2C(=O)Nc2ccc(Br)cc2)cc1. The Labute approximate surface area is 173 Å². The monoisotopic (exact) mass is 508 g/mol. The van der Waals surface area contributed by atoms with E-state index in [0.717, 1.165) is 8.95 Å². The third kappa shape index (κ3) is 4.84. The Kier molecular flexibility index (Phi) is 5.81. The average Bonchev–Trinajstić information content (AvgIpc) is 2.63. The molecule has 1 amide bonds. The Morgan fingerprint density at radius 3 is 2.04 bits per heavy atom. The highest BCUT2D eigenvalue weighted by atomic mass is 79.9. The molecule has 3 aromatic rings. The van der Waals surface area contributed by atoms with Gasteiger partial charge < -0.3 is 5.32 Å². The fourth-order valence-electron chi connectivity index (χ4n) is 2.51. The first-order chi connectivity index (χ1) is 12.7. The van der Waals surface area contributed by atoms with Crippen LogP contribution in [0.25, 0.3) is 11.1 Å². The normalized spacial score (nSPS) is 11.2. The van der Waals surface area contributed by atoms with Gasteiger partial charge in [0.05, 0.1) is 4.90 Å². The minimum Gasteiger partial charge on any atom is -0.322 e. The number of anilines is 1. The molecule has 0 radical (unpaired) electrons. The number of nitrogens with one attached hydrogen (secondary N) is 1. The number of halogens is 2. The molecule has 0 unspecified atom stereocenters. The molecule has 3 rings (SSSR count). The summed E-state index contributed by atoms with van der Waals surface area (Å²) in [6.45, 7) is 0. The fourth-order valence-corrected chi connectivity index (χ4v) is 3.65. The van der Waals surface area contributed by atoms with E-state index in [4.69, 9.17) is 5.14 Å². The minimum atomic E-state index is -3.77. The Balaban J connectivity index is 1.97. The third-order valence-electron chi connectivity index (χ3n) is 3.82. The molecule has 0 fully saturated rings. The lowest BCUT2D eigenvalue weighted by atomic mass is 9.99. The van der Waals surface area contributed by atoms with Gasteiger partial charge in [0.2, 0.25) is 10.0 Å². The molecule has 0 spiro atoms. The van der Waals surface area contributed by atoms with E-state index in [1.807, 2.05) is 18.2 Å². The summed E-state index contributed by atoms with van der Waals surface area (Å²) in [5.41, 5.74) is 2.50. The summed E-state index contributed by atoms with van der Waals surface area (Å²) >= 11 is 6.75. The van der Waals surface area contributed by atoms with Crippen LogP contribution in [0.15, 0.2) is 80.6 Å². The Morgan fingerprint density at radius 1 is 0.852 bits per heavy atom. The number of rotatable bonds is 4. The van der Waals surface area contributed by atoms with Crippen LogP contribution in [0, 0.1) is 0 Å². The Morgan fingerprint density at radius 2 is 1.44 bits per heavy atom. The van der Waals surface area contributed by atoms with E-state index in [1.165, 1.54) is 12.1 Å². The zero-order valence-corrected chi connectivity index (χ0v) is 17.8. The van der Waals surface area contributed by atoms with Gasteiger partial charge in [-0.25, -0.2) is 13.6 Å². The second kappa shape index (κ2) is 7.93. The molecule has 5 nitrogen and oxygen atoms in total. The fraction of sp³-hybridized carbons (Fsp3) is 0. The van der Waals surface area contributed by atoms with Crippen molar-refractivity contribution < 1.29 is 13.2 Å². The van der Waals surface area contributed by atoms with E-state index in [9.17, 15) is 13.2 Å². The van der Waals surface area contributed by atoms with Gasteiger partial charge >= 0.3 is 0 Å². The lowest BCUT2D eigenvalue weighted by Gasteiger charge is -2.12. The summed E-state index contributed by atoms with van der Waals surface area (Å²) in [6.07, 6.45) is 0. The number of carbonyl (C=O) groups is 1. The van der Waals surface area contributed by atoms with Crippen LogP contribution in [0.5, 0.6) is 0 Å². The maximum atomic E-state index is 12.8. The molecule has 0 atom stereocenters. The van der Waals surface area contributed by atoms with Crippen LogP contribution in [0.3, 0.4) is 0 Å². The van der Waals surface area contributed by atoms with Crippen LogP contribution in [0.1, 0.15) is 10.4 Å². The molecular weight excluding hydrogens is 496 g/mol. The molecule has 0 heterocycles. The second-order valence-electron chi connectivity index (χ2n) is 5.72. The third-order valence-corrected chi connectivity index (χ3v) is 5.77. The molecule has 0 saturated carbocycles. The van der Waals surface area contributed by atoms with E-state index in [2.05, 4.69) is 37.2 Å². The summed E-state index contributed by atoms with van der Waals surface area (Å²) in [5.74, 6) is -0.274. The van der Waals surface area contributed by atoms with Crippen molar-refractivity contribution >= 4 is 53.5 Å². The van der Waals surface area contributed by atoms with Crippen molar-refractivity contribution in [2.45, 2.75) is 4.90 Å². The standard InChI is InChI=1S/C19H14Br2N2O3S/c20-13-3-6-15(7-4-13)23-19(24)18-11-14(21)5-10-17(18)12-1-8-16(9-2-12)27(22,25)26/h1-11H,(H,23,24)(H2,22,25,26). The van der Waals surface area contributed by atoms with Crippen LogP contribution in [-0.4, -0.2) is 14.3 Å². The number of carbonyl (C=O) groups excluding carboxylic acids is 1.